The van der Waals surface area contributed by atoms with Gasteiger partial charge in [0.1, 0.15) is 5.75 Å². The van der Waals surface area contributed by atoms with Crippen molar-refractivity contribution in [3.05, 3.63) is 59.7 Å². The van der Waals surface area contributed by atoms with Gasteiger partial charge in [0.15, 0.2) is 6.23 Å². The minimum atomic E-state index is -4.68. The smallest absolute Gasteiger partial charge is 0.406 e. The first-order chi connectivity index (χ1) is 10.5. The Balaban J connectivity index is 1.72. The summed E-state index contributed by atoms with van der Waals surface area (Å²) in [5.74, 6) is -0.247. The molecule has 0 fully saturated rings. The molecule has 1 heterocycles. The highest BCUT2D eigenvalue weighted by Crippen LogP contribution is 2.29. The number of hydrogen-bond donors (Lipinski definition) is 1. The number of fused-ring (bicyclic) bond motifs is 1. The van der Waals surface area contributed by atoms with Crippen molar-refractivity contribution in [1.29, 1.82) is 0 Å². The molecule has 116 valence electrons. The van der Waals surface area contributed by atoms with Crippen LogP contribution >= 0.6 is 0 Å². The molecule has 2 aromatic rings. The molecule has 0 radical (unpaired) electrons. The Bertz CT molecular complexity index is 641. The Morgan fingerprint density at radius 1 is 1.05 bits per heavy atom. The van der Waals surface area contributed by atoms with Gasteiger partial charge in [0.2, 0.25) is 0 Å². The predicted octanol–water partition coefficient (Wildman–Crippen LogP) is 4.27. The topological polar surface area (TPSA) is 30.5 Å². The highest BCUT2D eigenvalue weighted by molar-refractivity contribution is 5.48. The van der Waals surface area contributed by atoms with Gasteiger partial charge in [-0.3, -0.25) is 0 Å². The molecule has 3 rings (SSSR count). The fraction of sp³-hybridized carbons (Fsp3) is 0.250. The van der Waals surface area contributed by atoms with Gasteiger partial charge in [0.05, 0.1) is 6.61 Å². The fourth-order valence-electron chi connectivity index (χ4n) is 2.42. The van der Waals surface area contributed by atoms with E-state index in [4.69, 9.17) is 4.74 Å². The number of hydrogen-bond acceptors (Lipinski definition) is 3. The molecule has 0 spiro atoms. The summed E-state index contributed by atoms with van der Waals surface area (Å²) in [6.07, 6.45) is -4.13. The molecule has 1 atom stereocenters. The van der Waals surface area contributed by atoms with Crippen LogP contribution in [0.5, 0.6) is 5.75 Å². The van der Waals surface area contributed by atoms with Gasteiger partial charge >= 0.3 is 6.36 Å². The molecule has 6 heteroatoms. The quantitative estimate of drug-likeness (QED) is 0.918. The minimum absolute atomic E-state index is 0.247. The Morgan fingerprint density at radius 2 is 1.77 bits per heavy atom. The van der Waals surface area contributed by atoms with Crippen molar-refractivity contribution in [2.45, 2.75) is 19.0 Å². The molecule has 0 amide bonds. The van der Waals surface area contributed by atoms with Gasteiger partial charge in [0, 0.05) is 11.3 Å². The van der Waals surface area contributed by atoms with E-state index in [0.717, 1.165) is 12.0 Å². The van der Waals surface area contributed by atoms with E-state index in [9.17, 15) is 13.2 Å². The van der Waals surface area contributed by atoms with E-state index in [1.807, 2.05) is 24.3 Å². The van der Waals surface area contributed by atoms with Crippen LogP contribution in [0.3, 0.4) is 0 Å². The summed E-state index contributed by atoms with van der Waals surface area (Å²) in [6, 6.07) is 13.5. The number of alkyl halides is 3. The zero-order valence-electron chi connectivity index (χ0n) is 11.6. The van der Waals surface area contributed by atoms with Gasteiger partial charge in [-0.1, -0.05) is 24.3 Å². The number of halogens is 3. The van der Waals surface area contributed by atoms with E-state index in [1.54, 1.807) is 0 Å². The van der Waals surface area contributed by atoms with Gasteiger partial charge in [0.25, 0.3) is 0 Å². The van der Waals surface area contributed by atoms with Gasteiger partial charge in [-0.15, -0.1) is 13.2 Å². The van der Waals surface area contributed by atoms with Crippen molar-refractivity contribution in [1.82, 2.24) is 0 Å². The van der Waals surface area contributed by atoms with Crippen LogP contribution < -0.4 is 10.1 Å². The van der Waals surface area contributed by atoms with E-state index >= 15 is 0 Å². The third-order valence-corrected chi connectivity index (χ3v) is 3.38. The van der Waals surface area contributed by atoms with E-state index < -0.39 is 6.36 Å². The highest BCUT2D eigenvalue weighted by Gasteiger charge is 2.31. The zero-order chi connectivity index (χ0) is 15.6. The summed E-state index contributed by atoms with van der Waals surface area (Å²) < 4.78 is 45.9. The highest BCUT2D eigenvalue weighted by atomic mass is 19.4. The van der Waals surface area contributed by atoms with Crippen LogP contribution in [0.25, 0.3) is 0 Å². The first kappa shape index (κ1) is 14.7. The molecule has 0 saturated carbocycles. The summed E-state index contributed by atoms with van der Waals surface area (Å²) in [6.45, 7) is 0.601. The van der Waals surface area contributed by atoms with Crippen LogP contribution in [0.1, 0.15) is 17.4 Å². The first-order valence-corrected chi connectivity index (χ1v) is 6.83. The number of nitrogens with one attached hydrogen (secondary N) is 1. The number of benzene rings is 2. The Labute approximate surface area is 125 Å². The number of rotatable bonds is 3. The molecule has 0 aromatic heterocycles. The standard InChI is InChI=1S/C16H14F3NO2/c17-16(18,19)22-13-7-5-12(6-8-13)20-15-14-4-2-1-3-11(14)9-10-21-15/h1-8,15,20H,9-10H2. The maximum absolute atomic E-state index is 12.1. The van der Waals surface area contributed by atoms with Crippen LogP contribution in [-0.4, -0.2) is 13.0 Å². The average Bonchev–Trinajstić information content (AvgIpc) is 2.48. The molecule has 0 bridgehead atoms. The first-order valence-electron chi connectivity index (χ1n) is 6.83. The summed E-state index contributed by atoms with van der Waals surface area (Å²) in [7, 11) is 0. The lowest BCUT2D eigenvalue weighted by molar-refractivity contribution is -0.274. The summed E-state index contributed by atoms with van der Waals surface area (Å²) >= 11 is 0. The second kappa shape index (κ2) is 5.88. The van der Waals surface area contributed by atoms with Crippen molar-refractivity contribution in [2.24, 2.45) is 0 Å². The molecule has 1 aliphatic rings. The third-order valence-electron chi connectivity index (χ3n) is 3.38. The number of ether oxygens (including phenoxy) is 2. The average molecular weight is 309 g/mol. The maximum atomic E-state index is 12.1. The largest absolute Gasteiger partial charge is 0.573 e. The molecule has 1 aliphatic heterocycles. The van der Waals surface area contributed by atoms with E-state index in [0.29, 0.717) is 12.3 Å². The van der Waals surface area contributed by atoms with Crippen molar-refractivity contribution in [3.8, 4) is 5.75 Å². The Hall–Kier alpha value is -2.21. The van der Waals surface area contributed by atoms with Crippen molar-refractivity contribution >= 4 is 5.69 Å². The Morgan fingerprint density at radius 3 is 2.50 bits per heavy atom. The molecular formula is C16H14F3NO2. The molecule has 0 aliphatic carbocycles. The van der Waals surface area contributed by atoms with E-state index in [-0.39, 0.29) is 12.0 Å². The van der Waals surface area contributed by atoms with Crippen LogP contribution in [0, 0.1) is 0 Å². The SMILES string of the molecule is FC(F)(F)Oc1ccc(NC2OCCc3ccccc32)cc1. The predicted molar refractivity (Wildman–Crippen MR) is 75.6 cm³/mol. The molecule has 2 aromatic carbocycles. The number of anilines is 1. The molecular weight excluding hydrogens is 295 g/mol. The molecule has 1 N–H and O–H groups in total. The molecule has 1 unspecified atom stereocenters. The summed E-state index contributed by atoms with van der Waals surface area (Å²) in [5.41, 5.74) is 2.92. The van der Waals surface area contributed by atoms with Crippen LogP contribution in [0.4, 0.5) is 18.9 Å². The lowest BCUT2D eigenvalue weighted by atomic mass is 10.0. The molecule has 22 heavy (non-hydrogen) atoms. The third kappa shape index (κ3) is 3.51. The van der Waals surface area contributed by atoms with Gasteiger partial charge < -0.3 is 14.8 Å². The lowest BCUT2D eigenvalue weighted by Crippen LogP contribution is -2.22. The second-order valence-electron chi connectivity index (χ2n) is 4.92. The van der Waals surface area contributed by atoms with Crippen molar-refractivity contribution < 1.29 is 22.6 Å². The van der Waals surface area contributed by atoms with Gasteiger partial charge in [-0.2, -0.15) is 0 Å². The van der Waals surface area contributed by atoms with Gasteiger partial charge in [-0.25, -0.2) is 0 Å². The summed E-state index contributed by atoms with van der Waals surface area (Å²) in [5, 5.41) is 3.17. The zero-order valence-corrected chi connectivity index (χ0v) is 11.6. The lowest BCUT2D eigenvalue weighted by Gasteiger charge is -2.27. The maximum Gasteiger partial charge on any atom is 0.573 e. The normalized spacial score (nSPS) is 17.7. The van der Waals surface area contributed by atoms with Crippen LogP contribution in [0.15, 0.2) is 48.5 Å². The van der Waals surface area contributed by atoms with Crippen LogP contribution in [0.2, 0.25) is 0 Å². The summed E-state index contributed by atoms with van der Waals surface area (Å²) in [4.78, 5) is 0. The van der Waals surface area contributed by atoms with Crippen molar-refractivity contribution in [3.63, 3.8) is 0 Å². The monoisotopic (exact) mass is 309 g/mol. The molecule has 3 nitrogen and oxygen atoms in total. The van der Waals surface area contributed by atoms with Crippen LogP contribution in [-0.2, 0) is 11.2 Å². The van der Waals surface area contributed by atoms with Gasteiger partial charge in [-0.05, 0) is 36.2 Å². The minimum Gasteiger partial charge on any atom is -0.406 e. The second-order valence-corrected chi connectivity index (χ2v) is 4.92. The fourth-order valence-corrected chi connectivity index (χ4v) is 2.42. The van der Waals surface area contributed by atoms with Crippen molar-refractivity contribution in [2.75, 3.05) is 11.9 Å². The Kier molecular flexibility index (Phi) is 3.94. The molecule has 0 saturated heterocycles. The van der Waals surface area contributed by atoms with E-state index in [1.165, 1.54) is 29.8 Å². The van der Waals surface area contributed by atoms with E-state index in [2.05, 4.69) is 10.1 Å².